The maximum Gasteiger partial charge on any atom is 0.125 e. The third kappa shape index (κ3) is 2.56. The number of fused-ring (bicyclic) bond motifs is 1. The zero-order valence-corrected chi connectivity index (χ0v) is 13.1. The Balaban J connectivity index is 2.23. The van der Waals surface area contributed by atoms with Gasteiger partial charge in [-0.05, 0) is 36.6 Å². The lowest BCUT2D eigenvalue weighted by Crippen LogP contribution is -2.12. The normalized spacial score (nSPS) is 12.7. The molecule has 0 aliphatic rings. The lowest BCUT2D eigenvalue weighted by molar-refractivity contribution is 0.565. The highest BCUT2D eigenvalue weighted by molar-refractivity contribution is 6.16. The molecule has 0 aliphatic carbocycles. The Kier molecular flexibility index (Phi) is 3.98. The quantitative estimate of drug-likeness (QED) is 0.614. The van der Waals surface area contributed by atoms with Gasteiger partial charge in [0.05, 0.1) is 23.0 Å². The molecular weight excluding hydrogens is 280 g/mol. The third-order valence-electron chi connectivity index (χ3n) is 3.92. The fourth-order valence-corrected chi connectivity index (χ4v) is 3.13. The maximum absolute atomic E-state index is 6.15. The van der Waals surface area contributed by atoms with E-state index in [4.69, 9.17) is 16.6 Å². The highest BCUT2D eigenvalue weighted by Gasteiger charge is 2.18. The molecule has 1 heterocycles. The standard InChI is InChI=1S/C18H19ClN2/c1-3-16(14-7-5-4-6-8-14)21-17-11-13(2)9-10-15(17)20-18(21)12-19/h4-11,16H,3,12H2,1-2H3. The fourth-order valence-electron chi connectivity index (χ4n) is 2.94. The molecule has 1 aromatic heterocycles. The molecule has 108 valence electrons. The van der Waals surface area contributed by atoms with Crippen LogP contribution in [0.25, 0.3) is 11.0 Å². The third-order valence-corrected chi connectivity index (χ3v) is 4.16. The molecule has 3 rings (SSSR count). The predicted octanol–water partition coefficient (Wildman–Crippen LogP) is 5.08. The van der Waals surface area contributed by atoms with E-state index in [1.807, 2.05) is 0 Å². The van der Waals surface area contributed by atoms with Gasteiger partial charge in [0.25, 0.3) is 0 Å². The van der Waals surface area contributed by atoms with Gasteiger partial charge >= 0.3 is 0 Å². The number of nitrogens with zero attached hydrogens (tertiary/aromatic N) is 2. The summed E-state index contributed by atoms with van der Waals surface area (Å²) in [6, 6.07) is 17.2. The van der Waals surface area contributed by atoms with Crippen LogP contribution in [0.5, 0.6) is 0 Å². The Morgan fingerprint density at radius 3 is 2.57 bits per heavy atom. The Bertz CT molecular complexity index is 747. The molecule has 3 aromatic rings. The number of halogens is 1. The summed E-state index contributed by atoms with van der Waals surface area (Å²) in [5, 5.41) is 0. The van der Waals surface area contributed by atoms with Gasteiger partial charge in [-0.3, -0.25) is 0 Å². The van der Waals surface area contributed by atoms with Crippen molar-refractivity contribution in [2.45, 2.75) is 32.2 Å². The van der Waals surface area contributed by atoms with Gasteiger partial charge in [-0.25, -0.2) is 4.98 Å². The fraction of sp³-hybridized carbons (Fsp3) is 0.278. The van der Waals surface area contributed by atoms with Crippen molar-refractivity contribution in [3.05, 3.63) is 65.5 Å². The van der Waals surface area contributed by atoms with Gasteiger partial charge in [-0.15, -0.1) is 11.6 Å². The zero-order chi connectivity index (χ0) is 14.8. The molecule has 3 heteroatoms. The van der Waals surface area contributed by atoms with Gasteiger partial charge in [0.15, 0.2) is 0 Å². The van der Waals surface area contributed by atoms with Gasteiger partial charge in [-0.2, -0.15) is 0 Å². The zero-order valence-electron chi connectivity index (χ0n) is 12.4. The highest BCUT2D eigenvalue weighted by atomic mass is 35.5. The van der Waals surface area contributed by atoms with Crippen molar-refractivity contribution in [1.82, 2.24) is 9.55 Å². The van der Waals surface area contributed by atoms with E-state index >= 15 is 0 Å². The summed E-state index contributed by atoms with van der Waals surface area (Å²) in [5.74, 6) is 1.37. The van der Waals surface area contributed by atoms with Crippen molar-refractivity contribution in [3.8, 4) is 0 Å². The monoisotopic (exact) mass is 298 g/mol. The molecule has 21 heavy (non-hydrogen) atoms. The number of aryl methyl sites for hydroxylation is 1. The Morgan fingerprint density at radius 1 is 1.14 bits per heavy atom. The lowest BCUT2D eigenvalue weighted by atomic mass is 10.0. The molecule has 2 nitrogen and oxygen atoms in total. The Hall–Kier alpha value is -1.80. The minimum Gasteiger partial charge on any atom is -0.319 e. The molecule has 0 fully saturated rings. The largest absolute Gasteiger partial charge is 0.319 e. The summed E-state index contributed by atoms with van der Waals surface area (Å²) >= 11 is 6.15. The summed E-state index contributed by atoms with van der Waals surface area (Å²) in [5.41, 5.74) is 4.73. The minimum absolute atomic E-state index is 0.270. The number of rotatable bonds is 4. The van der Waals surface area contributed by atoms with E-state index in [1.165, 1.54) is 16.6 Å². The second-order valence-electron chi connectivity index (χ2n) is 5.36. The van der Waals surface area contributed by atoms with Crippen molar-refractivity contribution in [3.63, 3.8) is 0 Å². The summed E-state index contributed by atoms with van der Waals surface area (Å²) in [6.45, 7) is 4.32. The van der Waals surface area contributed by atoms with E-state index in [9.17, 15) is 0 Å². The molecule has 0 saturated carbocycles. The first-order valence-electron chi connectivity index (χ1n) is 7.33. The van der Waals surface area contributed by atoms with E-state index in [0.29, 0.717) is 5.88 Å². The van der Waals surface area contributed by atoms with Crippen LogP contribution in [0.4, 0.5) is 0 Å². The van der Waals surface area contributed by atoms with Crippen LogP contribution >= 0.6 is 11.6 Å². The van der Waals surface area contributed by atoms with Crippen LogP contribution in [0, 0.1) is 6.92 Å². The molecule has 0 N–H and O–H groups in total. The number of aromatic nitrogens is 2. The van der Waals surface area contributed by atoms with E-state index < -0.39 is 0 Å². The molecule has 0 saturated heterocycles. The number of alkyl halides is 1. The van der Waals surface area contributed by atoms with Crippen LogP contribution in [0.3, 0.4) is 0 Å². The van der Waals surface area contributed by atoms with Crippen molar-refractivity contribution in [2.24, 2.45) is 0 Å². The molecule has 0 amide bonds. The van der Waals surface area contributed by atoms with Crippen LogP contribution in [0.15, 0.2) is 48.5 Å². The van der Waals surface area contributed by atoms with Gasteiger partial charge in [0.2, 0.25) is 0 Å². The molecular formula is C18H19ClN2. The smallest absolute Gasteiger partial charge is 0.125 e. The Morgan fingerprint density at radius 2 is 1.90 bits per heavy atom. The van der Waals surface area contributed by atoms with E-state index in [-0.39, 0.29) is 6.04 Å². The molecule has 1 atom stereocenters. The number of hydrogen-bond acceptors (Lipinski definition) is 1. The van der Waals surface area contributed by atoms with Crippen LogP contribution in [0.2, 0.25) is 0 Å². The lowest BCUT2D eigenvalue weighted by Gasteiger charge is -2.20. The first-order valence-corrected chi connectivity index (χ1v) is 7.86. The summed E-state index contributed by atoms with van der Waals surface area (Å²) in [6.07, 6.45) is 1.01. The second kappa shape index (κ2) is 5.90. The van der Waals surface area contributed by atoms with Crippen molar-refractivity contribution < 1.29 is 0 Å². The van der Waals surface area contributed by atoms with Gasteiger partial charge in [0, 0.05) is 0 Å². The number of benzene rings is 2. The molecule has 0 bridgehead atoms. The molecule has 0 aliphatic heterocycles. The van der Waals surface area contributed by atoms with Crippen molar-refractivity contribution in [1.29, 1.82) is 0 Å². The number of hydrogen-bond donors (Lipinski definition) is 0. The molecule has 0 spiro atoms. The van der Waals surface area contributed by atoms with E-state index in [0.717, 1.165) is 17.8 Å². The topological polar surface area (TPSA) is 17.8 Å². The molecule has 0 radical (unpaired) electrons. The van der Waals surface area contributed by atoms with Gasteiger partial charge in [0.1, 0.15) is 5.82 Å². The van der Waals surface area contributed by atoms with Crippen molar-refractivity contribution >= 4 is 22.6 Å². The van der Waals surface area contributed by atoms with Crippen LogP contribution < -0.4 is 0 Å². The van der Waals surface area contributed by atoms with Gasteiger partial charge < -0.3 is 4.57 Å². The summed E-state index contributed by atoms with van der Waals surface area (Å²) in [7, 11) is 0. The SMILES string of the molecule is CCC(c1ccccc1)n1c(CCl)nc2ccc(C)cc21. The molecule has 2 aromatic carbocycles. The minimum atomic E-state index is 0.270. The van der Waals surface area contributed by atoms with Crippen LogP contribution in [0.1, 0.15) is 36.3 Å². The predicted molar refractivity (Wildman–Crippen MR) is 88.9 cm³/mol. The second-order valence-corrected chi connectivity index (χ2v) is 5.63. The average molecular weight is 299 g/mol. The van der Waals surface area contributed by atoms with Crippen LogP contribution in [-0.4, -0.2) is 9.55 Å². The number of imidazole rings is 1. The van der Waals surface area contributed by atoms with Gasteiger partial charge in [-0.1, -0.05) is 43.3 Å². The van der Waals surface area contributed by atoms with Crippen molar-refractivity contribution in [2.75, 3.05) is 0 Å². The molecule has 1 unspecified atom stereocenters. The first-order chi connectivity index (χ1) is 10.2. The van der Waals surface area contributed by atoms with Crippen LogP contribution in [-0.2, 0) is 5.88 Å². The Labute approximate surface area is 130 Å². The first kappa shape index (κ1) is 14.2. The van der Waals surface area contributed by atoms with E-state index in [1.54, 1.807) is 0 Å². The summed E-state index contributed by atoms with van der Waals surface area (Å²) in [4.78, 5) is 4.70. The summed E-state index contributed by atoms with van der Waals surface area (Å²) < 4.78 is 2.30. The highest BCUT2D eigenvalue weighted by Crippen LogP contribution is 2.29. The average Bonchev–Trinajstić information content (AvgIpc) is 2.87. The maximum atomic E-state index is 6.15. The van der Waals surface area contributed by atoms with E-state index in [2.05, 4.69) is 66.9 Å².